The highest BCUT2D eigenvalue weighted by molar-refractivity contribution is 5.78. The third-order valence-electron chi connectivity index (χ3n) is 4.11. The van der Waals surface area contributed by atoms with Gasteiger partial charge in [-0.1, -0.05) is 42.5 Å². The van der Waals surface area contributed by atoms with Gasteiger partial charge in [-0.3, -0.25) is 10.1 Å². The first kappa shape index (κ1) is 18.7. The Morgan fingerprint density at radius 3 is 2.67 bits per heavy atom. The van der Waals surface area contributed by atoms with Crippen LogP contribution in [0.2, 0.25) is 0 Å². The van der Waals surface area contributed by atoms with E-state index >= 15 is 0 Å². The molecule has 0 saturated carbocycles. The lowest BCUT2D eigenvalue weighted by molar-refractivity contribution is -0.120. The van der Waals surface area contributed by atoms with Gasteiger partial charge in [0.25, 0.3) is 0 Å². The van der Waals surface area contributed by atoms with Gasteiger partial charge >= 0.3 is 0 Å². The molecular weight excluding hydrogens is 340 g/mol. The van der Waals surface area contributed by atoms with E-state index in [1.54, 1.807) is 6.26 Å². The number of aryl methyl sites for hydroxylation is 1. The average molecular weight is 364 g/mol. The second-order valence-electron chi connectivity index (χ2n) is 6.25. The Labute approximate surface area is 159 Å². The van der Waals surface area contributed by atoms with E-state index in [9.17, 15) is 4.79 Å². The maximum absolute atomic E-state index is 12.2. The number of ether oxygens (including phenoxy) is 1. The van der Waals surface area contributed by atoms with Crippen LogP contribution in [0.4, 0.5) is 0 Å². The van der Waals surface area contributed by atoms with Crippen molar-refractivity contribution in [2.45, 2.75) is 13.0 Å². The molecule has 3 aromatic rings. The molecule has 0 aliphatic carbocycles. The van der Waals surface area contributed by atoms with E-state index in [0.717, 1.165) is 22.6 Å². The zero-order chi connectivity index (χ0) is 18.9. The lowest BCUT2D eigenvalue weighted by Gasteiger charge is -2.17. The molecule has 1 amide bonds. The van der Waals surface area contributed by atoms with Crippen molar-refractivity contribution in [3.8, 4) is 5.75 Å². The smallest absolute Gasteiger partial charge is 0.234 e. The Balaban J connectivity index is 1.45. The van der Waals surface area contributed by atoms with Gasteiger partial charge in [0.2, 0.25) is 5.91 Å². The first-order valence-corrected chi connectivity index (χ1v) is 9.00. The molecule has 5 nitrogen and oxygen atoms in total. The molecule has 140 valence electrons. The number of amides is 1. The van der Waals surface area contributed by atoms with Crippen molar-refractivity contribution in [1.29, 1.82) is 0 Å². The quantitative estimate of drug-likeness (QED) is 0.571. The van der Waals surface area contributed by atoms with E-state index in [0.29, 0.717) is 13.2 Å². The van der Waals surface area contributed by atoms with Crippen LogP contribution in [0.15, 0.2) is 77.4 Å². The maximum atomic E-state index is 12.2. The summed E-state index contributed by atoms with van der Waals surface area (Å²) < 4.78 is 11.2. The number of carbonyl (C=O) groups excluding carboxylic acids is 1. The Kier molecular flexibility index (Phi) is 6.66. The van der Waals surface area contributed by atoms with Crippen molar-refractivity contribution in [2.75, 3.05) is 19.7 Å². The van der Waals surface area contributed by atoms with Crippen molar-refractivity contribution in [2.24, 2.45) is 0 Å². The van der Waals surface area contributed by atoms with Crippen LogP contribution in [0.3, 0.4) is 0 Å². The molecule has 1 heterocycles. The lowest BCUT2D eigenvalue weighted by Crippen LogP contribution is -2.37. The van der Waals surface area contributed by atoms with Gasteiger partial charge in [-0.05, 0) is 42.3 Å². The summed E-state index contributed by atoms with van der Waals surface area (Å²) in [5.74, 6) is 1.50. The molecule has 0 aliphatic rings. The molecular formula is C22H24N2O3. The minimum Gasteiger partial charge on any atom is -0.492 e. The first-order valence-electron chi connectivity index (χ1n) is 9.00. The number of rotatable bonds is 9. The second-order valence-corrected chi connectivity index (χ2v) is 6.25. The Hall–Kier alpha value is -3.05. The van der Waals surface area contributed by atoms with Crippen molar-refractivity contribution in [3.05, 3.63) is 89.9 Å². The largest absolute Gasteiger partial charge is 0.492 e. The fourth-order valence-corrected chi connectivity index (χ4v) is 2.81. The SMILES string of the molecule is Cc1cccc(OCCNC(=O)CN[C@H](c2ccccc2)c2ccco2)c1. The van der Waals surface area contributed by atoms with Crippen LogP contribution in [0.1, 0.15) is 22.9 Å². The molecule has 5 heteroatoms. The summed E-state index contributed by atoms with van der Waals surface area (Å²) in [6.45, 7) is 3.08. The molecule has 2 N–H and O–H groups in total. The number of benzene rings is 2. The van der Waals surface area contributed by atoms with Crippen molar-refractivity contribution in [1.82, 2.24) is 10.6 Å². The summed E-state index contributed by atoms with van der Waals surface area (Å²) in [6.07, 6.45) is 1.63. The highest BCUT2D eigenvalue weighted by Crippen LogP contribution is 2.21. The number of carbonyl (C=O) groups is 1. The van der Waals surface area contributed by atoms with E-state index in [2.05, 4.69) is 10.6 Å². The summed E-state index contributed by atoms with van der Waals surface area (Å²) in [4.78, 5) is 12.2. The highest BCUT2D eigenvalue weighted by atomic mass is 16.5. The summed E-state index contributed by atoms with van der Waals surface area (Å²) >= 11 is 0. The zero-order valence-electron chi connectivity index (χ0n) is 15.4. The standard InChI is InChI=1S/C22H24N2O3/c1-17-7-5-10-19(15-17)26-14-12-23-21(25)16-24-22(20-11-6-13-27-20)18-8-3-2-4-9-18/h2-11,13,15,22,24H,12,14,16H2,1H3,(H,23,25)/t22-/m1/s1. The predicted octanol–water partition coefficient (Wildman–Crippen LogP) is 3.46. The maximum Gasteiger partial charge on any atom is 0.234 e. The van der Waals surface area contributed by atoms with Crippen molar-refractivity contribution >= 4 is 5.91 Å². The molecule has 1 atom stereocenters. The summed E-state index contributed by atoms with van der Waals surface area (Å²) in [5, 5.41) is 6.12. The first-order chi connectivity index (χ1) is 13.2. The highest BCUT2D eigenvalue weighted by Gasteiger charge is 2.17. The third-order valence-corrected chi connectivity index (χ3v) is 4.11. The molecule has 2 aromatic carbocycles. The monoisotopic (exact) mass is 364 g/mol. The van der Waals surface area contributed by atoms with Gasteiger partial charge in [0, 0.05) is 0 Å². The lowest BCUT2D eigenvalue weighted by atomic mass is 10.0. The molecule has 0 aliphatic heterocycles. The van der Waals surface area contributed by atoms with Gasteiger partial charge in [-0.2, -0.15) is 0 Å². The Bertz CT molecular complexity index is 832. The topological polar surface area (TPSA) is 63.5 Å². The van der Waals surface area contributed by atoms with E-state index < -0.39 is 0 Å². The van der Waals surface area contributed by atoms with Gasteiger partial charge in [-0.25, -0.2) is 0 Å². The second kappa shape index (κ2) is 9.59. The third kappa shape index (κ3) is 5.72. The van der Waals surface area contributed by atoms with E-state index in [1.165, 1.54) is 0 Å². The van der Waals surface area contributed by atoms with Crippen molar-refractivity contribution < 1.29 is 13.9 Å². The van der Waals surface area contributed by atoms with Crippen molar-refractivity contribution in [3.63, 3.8) is 0 Å². The summed E-state index contributed by atoms with van der Waals surface area (Å²) in [7, 11) is 0. The number of nitrogens with one attached hydrogen (secondary N) is 2. The Morgan fingerprint density at radius 2 is 1.93 bits per heavy atom. The normalized spacial score (nSPS) is 11.7. The van der Waals surface area contributed by atoms with Crippen LogP contribution in [0, 0.1) is 6.92 Å². The molecule has 0 saturated heterocycles. The fraction of sp³-hybridized carbons (Fsp3) is 0.227. The number of furan rings is 1. The summed E-state index contributed by atoms with van der Waals surface area (Å²) in [5.41, 5.74) is 2.19. The molecule has 0 fully saturated rings. The fourth-order valence-electron chi connectivity index (χ4n) is 2.81. The van der Waals surface area contributed by atoms with E-state index in [4.69, 9.17) is 9.15 Å². The molecule has 0 bridgehead atoms. The van der Waals surface area contributed by atoms with E-state index in [-0.39, 0.29) is 18.5 Å². The predicted molar refractivity (Wildman–Crippen MR) is 105 cm³/mol. The minimum absolute atomic E-state index is 0.0877. The van der Waals surface area contributed by atoms with Gasteiger partial charge in [-0.15, -0.1) is 0 Å². The zero-order valence-corrected chi connectivity index (χ0v) is 15.4. The Morgan fingerprint density at radius 1 is 1.07 bits per heavy atom. The van der Waals surface area contributed by atoms with Crippen LogP contribution in [0.5, 0.6) is 5.75 Å². The number of hydrogen-bond acceptors (Lipinski definition) is 4. The summed E-state index contributed by atoms with van der Waals surface area (Å²) in [6, 6.07) is 21.3. The molecule has 0 unspecified atom stereocenters. The van der Waals surface area contributed by atoms with Crippen LogP contribution >= 0.6 is 0 Å². The van der Waals surface area contributed by atoms with Gasteiger partial charge in [0.1, 0.15) is 18.1 Å². The van der Waals surface area contributed by atoms with Gasteiger partial charge in [0.05, 0.1) is 25.4 Å². The molecule has 1 aromatic heterocycles. The van der Waals surface area contributed by atoms with Crippen LogP contribution in [0.25, 0.3) is 0 Å². The van der Waals surface area contributed by atoms with Crippen LogP contribution in [-0.2, 0) is 4.79 Å². The van der Waals surface area contributed by atoms with Gasteiger partial charge in [0.15, 0.2) is 0 Å². The van der Waals surface area contributed by atoms with Gasteiger partial charge < -0.3 is 14.5 Å². The van der Waals surface area contributed by atoms with Crippen LogP contribution < -0.4 is 15.4 Å². The molecule has 27 heavy (non-hydrogen) atoms. The molecule has 0 radical (unpaired) electrons. The van der Waals surface area contributed by atoms with E-state index in [1.807, 2.05) is 73.7 Å². The average Bonchev–Trinajstić information content (AvgIpc) is 3.21. The molecule has 0 spiro atoms. The molecule has 3 rings (SSSR count). The number of hydrogen-bond donors (Lipinski definition) is 2. The minimum atomic E-state index is -0.171. The van der Waals surface area contributed by atoms with Crippen LogP contribution in [-0.4, -0.2) is 25.6 Å².